The number of nitrogens with one attached hydrogen (secondary N) is 1. The van der Waals surface area contributed by atoms with Crippen molar-refractivity contribution in [1.29, 1.82) is 0 Å². The molecule has 2 heterocycles. The minimum atomic E-state index is -3.40. The molecule has 2 atom stereocenters. The summed E-state index contributed by atoms with van der Waals surface area (Å²) in [5.41, 5.74) is 0. The van der Waals surface area contributed by atoms with E-state index >= 15 is 0 Å². The van der Waals surface area contributed by atoms with Crippen LogP contribution in [0.3, 0.4) is 0 Å². The van der Waals surface area contributed by atoms with E-state index in [9.17, 15) is 8.42 Å². The number of hydrogen-bond donors (Lipinski definition) is 1. The molecule has 1 aromatic rings. The SMILES string of the molecule is CNCCn1cc(S(=O)(=O)N2CC(C)CC2C)cn1. The third-order valence-electron chi connectivity index (χ3n) is 3.53. The lowest BCUT2D eigenvalue weighted by atomic mass is 10.1. The van der Waals surface area contributed by atoms with E-state index in [1.54, 1.807) is 15.2 Å². The highest BCUT2D eigenvalue weighted by Crippen LogP contribution is 2.28. The predicted octanol–water partition coefficient (Wildman–Crippen LogP) is 0.521. The molecule has 7 heteroatoms. The van der Waals surface area contributed by atoms with E-state index in [4.69, 9.17) is 0 Å². The maximum Gasteiger partial charge on any atom is 0.246 e. The van der Waals surface area contributed by atoms with Crippen LogP contribution in [0.25, 0.3) is 0 Å². The zero-order chi connectivity index (χ0) is 14.0. The van der Waals surface area contributed by atoms with Gasteiger partial charge in [0.2, 0.25) is 10.0 Å². The average molecular weight is 286 g/mol. The summed E-state index contributed by atoms with van der Waals surface area (Å²) in [4.78, 5) is 0.296. The van der Waals surface area contributed by atoms with Gasteiger partial charge in [-0.2, -0.15) is 9.40 Å². The molecule has 1 fully saturated rings. The topological polar surface area (TPSA) is 67.2 Å². The molecule has 0 aliphatic carbocycles. The van der Waals surface area contributed by atoms with E-state index < -0.39 is 10.0 Å². The third kappa shape index (κ3) is 2.98. The summed E-state index contributed by atoms with van der Waals surface area (Å²) < 4.78 is 28.3. The van der Waals surface area contributed by atoms with Gasteiger partial charge >= 0.3 is 0 Å². The standard InChI is InChI=1S/C12H22N4O2S/c1-10-6-11(2)16(8-10)19(17,18)12-7-14-15(9-12)5-4-13-3/h7,9-11,13H,4-6,8H2,1-3H3. The van der Waals surface area contributed by atoms with Crippen LogP contribution in [0.15, 0.2) is 17.3 Å². The Bertz CT molecular complexity index is 526. The van der Waals surface area contributed by atoms with Gasteiger partial charge in [0.25, 0.3) is 0 Å². The molecule has 1 N–H and O–H groups in total. The molecule has 1 saturated heterocycles. The van der Waals surface area contributed by atoms with Gasteiger partial charge in [-0.25, -0.2) is 8.42 Å². The number of hydrogen-bond acceptors (Lipinski definition) is 4. The van der Waals surface area contributed by atoms with Gasteiger partial charge in [-0.05, 0) is 26.3 Å². The Kier molecular flexibility index (Phi) is 4.27. The fourth-order valence-corrected chi connectivity index (χ4v) is 4.28. The van der Waals surface area contributed by atoms with Gasteiger partial charge in [0, 0.05) is 25.3 Å². The zero-order valence-electron chi connectivity index (χ0n) is 11.7. The highest BCUT2D eigenvalue weighted by Gasteiger charge is 2.36. The van der Waals surface area contributed by atoms with Crippen molar-refractivity contribution < 1.29 is 8.42 Å². The highest BCUT2D eigenvalue weighted by molar-refractivity contribution is 7.89. The molecule has 0 saturated carbocycles. The third-order valence-corrected chi connectivity index (χ3v) is 5.47. The average Bonchev–Trinajstić information content (AvgIpc) is 2.93. The zero-order valence-corrected chi connectivity index (χ0v) is 12.5. The summed E-state index contributed by atoms with van der Waals surface area (Å²) in [7, 11) is -1.54. The minimum absolute atomic E-state index is 0.0701. The maximum absolute atomic E-state index is 12.5. The van der Waals surface area contributed by atoms with Crippen LogP contribution in [0.4, 0.5) is 0 Å². The van der Waals surface area contributed by atoms with Gasteiger partial charge in [0.1, 0.15) is 4.90 Å². The monoisotopic (exact) mass is 286 g/mol. The second-order valence-corrected chi connectivity index (χ2v) is 7.20. The van der Waals surface area contributed by atoms with Crippen molar-refractivity contribution in [3.63, 3.8) is 0 Å². The van der Waals surface area contributed by atoms with Crippen LogP contribution in [0.2, 0.25) is 0 Å². The van der Waals surface area contributed by atoms with Crippen LogP contribution in [0.5, 0.6) is 0 Å². The van der Waals surface area contributed by atoms with E-state index in [0.29, 0.717) is 23.9 Å². The first-order valence-corrected chi connectivity index (χ1v) is 8.08. The molecular formula is C12H22N4O2S. The molecule has 2 unspecified atom stereocenters. The number of likely N-dealkylation sites (N-methyl/N-ethyl adjacent to an activating group) is 1. The smallest absolute Gasteiger partial charge is 0.246 e. The molecule has 19 heavy (non-hydrogen) atoms. The Morgan fingerprint density at radius 2 is 2.21 bits per heavy atom. The van der Waals surface area contributed by atoms with Crippen LogP contribution in [0.1, 0.15) is 20.3 Å². The first-order chi connectivity index (χ1) is 8.95. The van der Waals surface area contributed by atoms with E-state index in [0.717, 1.165) is 13.0 Å². The lowest BCUT2D eigenvalue weighted by Crippen LogP contribution is -2.33. The van der Waals surface area contributed by atoms with Crippen molar-refractivity contribution in [2.24, 2.45) is 5.92 Å². The second-order valence-electron chi connectivity index (χ2n) is 5.31. The molecule has 1 aliphatic heterocycles. The largest absolute Gasteiger partial charge is 0.318 e. The Balaban J connectivity index is 2.17. The Hall–Kier alpha value is -0.920. The number of sulfonamides is 1. The van der Waals surface area contributed by atoms with Crippen molar-refractivity contribution >= 4 is 10.0 Å². The molecule has 0 spiro atoms. The second kappa shape index (κ2) is 5.60. The van der Waals surface area contributed by atoms with Gasteiger partial charge in [-0.3, -0.25) is 4.68 Å². The summed E-state index contributed by atoms with van der Waals surface area (Å²) >= 11 is 0. The molecule has 108 valence electrons. The fourth-order valence-electron chi connectivity index (χ4n) is 2.56. The number of aromatic nitrogens is 2. The fraction of sp³-hybridized carbons (Fsp3) is 0.750. The van der Waals surface area contributed by atoms with Crippen LogP contribution in [-0.4, -0.2) is 48.7 Å². The molecule has 2 rings (SSSR count). The summed E-state index contributed by atoms with van der Waals surface area (Å²) in [5.74, 6) is 0.420. The Morgan fingerprint density at radius 3 is 2.79 bits per heavy atom. The van der Waals surface area contributed by atoms with Crippen LogP contribution in [-0.2, 0) is 16.6 Å². The summed E-state index contributed by atoms with van der Waals surface area (Å²) in [5, 5.41) is 7.12. The van der Waals surface area contributed by atoms with Crippen LogP contribution < -0.4 is 5.32 Å². The lowest BCUT2D eigenvalue weighted by Gasteiger charge is -2.19. The number of rotatable bonds is 5. The molecule has 0 amide bonds. The van der Waals surface area contributed by atoms with Crippen molar-refractivity contribution in [2.75, 3.05) is 20.1 Å². The molecule has 6 nitrogen and oxygen atoms in total. The van der Waals surface area contributed by atoms with Crippen molar-refractivity contribution in [3.8, 4) is 0 Å². The molecule has 0 bridgehead atoms. The van der Waals surface area contributed by atoms with Crippen molar-refractivity contribution in [1.82, 2.24) is 19.4 Å². The van der Waals surface area contributed by atoms with E-state index in [-0.39, 0.29) is 6.04 Å². The van der Waals surface area contributed by atoms with Gasteiger partial charge in [-0.15, -0.1) is 0 Å². The van der Waals surface area contributed by atoms with Gasteiger partial charge < -0.3 is 5.32 Å². The minimum Gasteiger partial charge on any atom is -0.318 e. The van der Waals surface area contributed by atoms with Crippen LogP contribution in [0, 0.1) is 5.92 Å². The maximum atomic E-state index is 12.5. The molecule has 0 radical (unpaired) electrons. The van der Waals surface area contributed by atoms with Gasteiger partial charge in [-0.1, -0.05) is 6.92 Å². The van der Waals surface area contributed by atoms with E-state index in [1.165, 1.54) is 6.20 Å². The van der Waals surface area contributed by atoms with E-state index in [2.05, 4.69) is 17.3 Å². The molecule has 1 aliphatic rings. The van der Waals surface area contributed by atoms with Gasteiger partial charge in [0.15, 0.2) is 0 Å². The Labute approximate surface area is 114 Å². The lowest BCUT2D eigenvalue weighted by molar-refractivity contribution is 0.405. The highest BCUT2D eigenvalue weighted by atomic mass is 32.2. The van der Waals surface area contributed by atoms with E-state index in [1.807, 2.05) is 14.0 Å². The van der Waals surface area contributed by atoms with Crippen molar-refractivity contribution in [2.45, 2.75) is 37.8 Å². The number of nitrogens with zero attached hydrogens (tertiary/aromatic N) is 3. The normalized spacial score (nSPS) is 25.0. The Morgan fingerprint density at radius 1 is 1.47 bits per heavy atom. The molecule has 0 aromatic carbocycles. The summed E-state index contributed by atoms with van der Waals surface area (Å²) in [6.07, 6.45) is 3.98. The quantitative estimate of drug-likeness (QED) is 0.857. The first-order valence-electron chi connectivity index (χ1n) is 6.64. The van der Waals surface area contributed by atoms with Crippen LogP contribution >= 0.6 is 0 Å². The van der Waals surface area contributed by atoms with Crippen molar-refractivity contribution in [3.05, 3.63) is 12.4 Å². The summed E-state index contributed by atoms with van der Waals surface area (Å²) in [6.45, 7) is 6.08. The first kappa shape index (κ1) is 14.5. The predicted molar refractivity (Wildman–Crippen MR) is 73.3 cm³/mol. The molecule has 1 aromatic heterocycles. The van der Waals surface area contributed by atoms with Gasteiger partial charge in [0.05, 0.1) is 12.7 Å². The molecular weight excluding hydrogens is 264 g/mol. The summed E-state index contributed by atoms with van der Waals surface area (Å²) in [6, 6.07) is 0.0701.